The minimum atomic E-state index is -0.561. The molecule has 1 aliphatic carbocycles. The van der Waals surface area contributed by atoms with Gasteiger partial charge < -0.3 is 4.74 Å². The minimum Gasteiger partial charge on any atom is -0.457 e. The van der Waals surface area contributed by atoms with E-state index in [0.29, 0.717) is 0 Å². The van der Waals surface area contributed by atoms with Gasteiger partial charge in [0.1, 0.15) is 11.5 Å². The summed E-state index contributed by atoms with van der Waals surface area (Å²) < 4.78 is 8.96. The standard InChI is InChI=1S/C51H30N2OS/c1-2-14-32(15-3-1)50-52-47(49-48(53-50)38-19-6-11-24-45(38)55-49)35-17-12-16-33(29-35)34-25-27-37-42(30-34)51(41-28-26-31-13-4-5-18-36(31)46(37)41)39-20-7-9-22-43(39)54-44-23-10-8-21-40(44)51/h1-30H. The summed E-state index contributed by atoms with van der Waals surface area (Å²) in [5.41, 5.74) is 13.2. The summed E-state index contributed by atoms with van der Waals surface area (Å²) in [6, 6.07) is 65.4. The van der Waals surface area contributed by atoms with Crippen LogP contribution in [0.4, 0.5) is 0 Å². The van der Waals surface area contributed by atoms with Crippen molar-refractivity contribution in [3.63, 3.8) is 0 Å². The molecule has 0 N–H and O–H groups in total. The van der Waals surface area contributed by atoms with Crippen LogP contribution in [0.25, 0.3) is 76.0 Å². The summed E-state index contributed by atoms with van der Waals surface area (Å²) in [5.74, 6) is 2.52. The summed E-state index contributed by atoms with van der Waals surface area (Å²) in [4.78, 5) is 10.4. The Morgan fingerprint density at radius 2 is 1.13 bits per heavy atom. The van der Waals surface area contributed by atoms with Crippen molar-refractivity contribution < 1.29 is 4.74 Å². The molecule has 0 radical (unpaired) electrons. The molecule has 3 nitrogen and oxygen atoms in total. The van der Waals surface area contributed by atoms with Gasteiger partial charge in [-0.15, -0.1) is 11.3 Å². The lowest BCUT2D eigenvalue weighted by Gasteiger charge is -2.39. The van der Waals surface area contributed by atoms with Crippen LogP contribution in [0.15, 0.2) is 182 Å². The molecule has 10 aromatic rings. The maximum absolute atomic E-state index is 6.65. The fourth-order valence-corrected chi connectivity index (χ4v) is 10.3. The number of nitrogens with zero attached hydrogens (tertiary/aromatic N) is 2. The Morgan fingerprint density at radius 3 is 1.96 bits per heavy atom. The van der Waals surface area contributed by atoms with Gasteiger partial charge >= 0.3 is 0 Å². The number of hydrogen-bond acceptors (Lipinski definition) is 4. The largest absolute Gasteiger partial charge is 0.457 e. The van der Waals surface area contributed by atoms with Gasteiger partial charge in [0.25, 0.3) is 0 Å². The summed E-state index contributed by atoms with van der Waals surface area (Å²) in [6.45, 7) is 0. The van der Waals surface area contributed by atoms with E-state index in [1.807, 2.05) is 18.2 Å². The number of para-hydroxylation sites is 2. The zero-order chi connectivity index (χ0) is 36.1. The molecule has 0 atom stereocenters. The monoisotopic (exact) mass is 718 g/mol. The van der Waals surface area contributed by atoms with E-state index in [4.69, 9.17) is 14.7 Å². The lowest BCUT2D eigenvalue weighted by Crippen LogP contribution is -2.32. The quantitative estimate of drug-likeness (QED) is 0.182. The number of aromatic nitrogens is 2. The molecule has 0 saturated carbocycles. The van der Waals surface area contributed by atoms with Crippen LogP contribution < -0.4 is 4.74 Å². The second-order valence-electron chi connectivity index (χ2n) is 14.4. The number of fused-ring (bicyclic) bond motifs is 14. The van der Waals surface area contributed by atoms with Crippen molar-refractivity contribution in [1.82, 2.24) is 9.97 Å². The Kier molecular flexibility index (Phi) is 6.42. The fourth-order valence-electron chi connectivity index (χ4n) is 9.20. The predicted molar refractivity (Wildman–Crippen MR) is 226 cm³/mol. The van der Waals surface area contributed by atoms with Crippen molar-refractivity contribution in [3.8, 4) is 56.4 Å². The molecule has 0 fully saturated rings. The lowest BCUT2D eigenvalue weighted by molar-refractivity contribution is 0.436. The lowest BCUT2D eigenvalue weighted by atomic mass is 9.66. The highest BCUT2D eigenvalue weighted by Gasteiger charge is 2.51. The second kappa shape index (κ2) is 11.6. The molecule has 1 aliphatic heterocycles. The van der Waals surface area contributed by atoms with Crippen LogP contribution in [0.1, 0.15) is 22.3 Å². The van der Waals surface area contributed by atoms with Gasteiger partial charge in [0.05, 0.1) is 21.3 Å². The van der Waals surface area contributed by atoms with Crippen molar-refractivity contribution in [2.75, 3.05) is 0 Å². The molecule has 2 aliphatic rings. The highest BCUT2D eigenvalue weighted by molar-refractivity contribution is 7.26. The molecule has 3 heterocycles. The Hall–Kier alpha value is -6.88. The maximum Gasteiger partial charge on any atom is 0.160 e. The van der Waals surface area contributed by atoms with Crippen LogP contribution in [0.5, 0.6) is 11.5 Å². The van der Waals surface area contributed by atoms with Crippen molar-refractivity contribution >= 4 is 42.4 Å². The maximum atomic E-state index is 6.65. The molecule has 0 unspecified atom stereocenters. The van der Waals surface area contributed by atoms with Gasteiger partial charge in [-0.05, 0) is 74.5 Å². The zero-order valence-electron chi connectivity index (χ0n) is 29.5. The van der Waals surface area contributed by atoms with Crippen molar-refractivity contribution in [2.24, 2.45) is 0 Å². The molecule has 0 saturated heterocycles. The molecule has 256 valence electrons. The van der Waals surface area contributed by atoms with Gasteiger partial charge in [0, 0.05) is 32.3 Å². The van der Waals surface area contributed by atoms with E-state index in [1.54, 1.807) is 11.3 Å². The number of rotatable bonds is 3. The van der Waals surface area contributed by atoms with Crippen molar-refractivity contribution in [1.29, 1.82) is 0 Å². The molecule has 0 amide bonds. The molecule has 12 rings (SSSR count). The second-order valence-corrected chi connectivity index (χ2v) is 15.5. The van der Waals surface area contributed by atoms with Crippen LogP contribution >= 0.6 is 11.3 Å². The normalized spacial score (nSPS) is 13.4. The molecule has 0 bridgehead atoms. The van der Waals surface area contributed by atoms with Gasteiger partial charge in [-0.2, -0.15) is 0 Å². The van der Waals surface area contributed by atoms with E-state index in [9.17, 15) is 0 Å². The van der Waals surface area contributed by atoms with E-state index in [-0.39, 0.29) is 0 Å². The highest BCUT2D eigenvalue weighted by atomic mass is 32.1. The van der Waals surface area contributed by atoms with Gasteiger partial charge in [-0.3, -0.25) is 0 Å². The van der Waals surface area contributed by atoms with Gasteiger partial charge in [-0.1, -0.05) is 152 Å². The molecule has 2 aromatic heterocycles. The molecule has 4 heteroatoms. The first kappa shape index (κ1) is 30.6. The van der Waals surface area contributed by atoms with Crippen LogP contribution in [-0.2, 0) is 5.41 Å². The average Bonchev–Trinajstić information content (AvgIpc) is 3.78. The third kappa shape index (κ3) is 4.31. The summed E-state index contributed by atoms with van der Waals surface area (Å²) in [5, 5.41) is 3.66. The Morgan fingerprint density at radius 1 is 0.455 bits per heavy atom. The number of ether oxygens (including phenoxy) is 1. The average molecular weight is 719 g/mol. The fraction of sp³-hybridized carbons (Fsp3) is 0.0196. The Labute approximate surface area is 321 Å². The molecular formula is C51H30N2OS. The minimum absolute atomic E-state index is 0.561. The highest BCUT2D eigenvalue weighted by Crippen LogP contribution is 2.63. The summed E-state index contributed by atoms with van der Waals surface area (Å²) >= 11 is 1.76. The predicted octanol–water partition coefficient (Wildman–Crippen LogP) is 13.5. The van der Waals surface area contributed by atoms with Crippen LogP contribution in [0.2, 0.25) is 0 Å². The Bertz CT molecular complexity index is 3150. The third-order valence-electron chi connectivity index (χ3n) is 11.5. The van der Waals surface area contributed by atoms with Crippen LogP contribution in [0, 0.1) is 0 Å². The van der Waals surface area contributed by atoms with E-state index in [0.717, 1.165) is 72.0 Å². The summed E-state index contributed by atoms with van der Waals surface area (Å²) in [6.07, 6.45) is 0. The van der Waals surface area contributed by atoms with E-state index >= 15 is 0 Å². The van der Waals surface area contributed by atoms with Gasteiger partial charge in [-0.25, -0.2) is 9.97 Å². The molecule has 8 aromatic carbocycles. The van der Waals surface area contributed by atoms with Crippen LogP contribution in [-0.4, -0.2) is 9.97 Å². The van der Waals surface area contributed by atoms with Gasteiger partial charge in [0.15, 0.2) is 5.82 Å². The van der Waals surface area contributed by atoms with Gasteiger partial charge in [0.2, 0.25) is 0 Å². The van der Waals surface area contributed by atoms with E-state index in [1.165, 1.54) is 37.7 Å². The van der Waals surface area contributed by atoms with E-state index < -0.39 is 5.41 Å². The first-order valence-electron chi connectivity index (χ1n) is 18.7. The SMILES string of the molecule is c1ccc(-c2nc(-c3cccc(-c4ccc5c(c4)C4(c6ccccc6Oc6ccccc64)c4ccc6ccccc6c4-5)c3)c3sc4ccccc4c3n2)cc1. The zero-order valence-corrected chi connectivity index (χ0v) is 30.3. The smallest absolute Gasteiger partial charge is 0.160 e. The number of thiophene rings is 1. The topological polar surface area (TPSA) is 35.0 Å². The summed E-state index contributed by atoms with van der Waals surface area (Å²) in [7, 11) is 0. The Balaban J connectivity index is 1.11. The number of benzene rings is 8. The first-order chi connectivity index (χ1) is 27.3. The first-order valence-corrected chi connectivity index (χ1v) is 19.5. The van der Waals surface area contributed by atoms with E-state index in [2.05, 4.69) is 164 Å². The molecular weight excluding hydrogens is 689 g/mol. The molecule has 55 heavy (non-hydrogen) atoms. The third-order valence-corrected chi connectivity index (χ3v) is 12.7. The molecule has 1 spiro atoms. The van der Waals surface area contributed by atoms with Crippen LogP contribution in [0.3, 0.4) is 0 Å². The van der Waals surface area contributed by atoms with Crippen molar-refractivity contribution in [3.05, 3.63) is 204 Å². The number of hydrogen-bond donors (Lipinski definition) is 0. The van der Waals surface area contributed by atoms with Crippen molar-refractivity contribution in [2.45, 2.75) is 5.41 Å².